The molecule has 0 aliphatic carbocycles. The Hall–Kier alpha value is -1.53. The van der Waals surface area contributed by atoms with Crippen molar-refractivity contribution >= 4 is 5.91 Å². The average Bonchev–Trinajstić information content (AvgIpc) is 0.794. The first-order chi connectivity index (χ1) is 46.1. The van der Waals surface area contributed by atoms with E-state index in [2.05, 4.69) is 31.3 Å². The monoisotopic (exact) mass is 1340 g/mol. The summed E-state index contributed by atoms with van der Waals surface area (Å²) in [4.78, 5) is 13.4. The number of allylic oxidation sites excluding steroid dienone is 3. The zero-order chi connectivity index (χ0) is 68.0. The van der Waals surface area contributed by atoms with E-state index < -0.39 is 86.8 Å². The van der Waals surface area contributed by atoms with Gasteiger partial charge in [-0.05, 0) is 32.1 Å². The first kappa shape index (κ1) is 88.6. The van der Waals surface area contributed by atoms with E-state index >= 15 is 0 Å². The molecule has 0 aromatic carbocycles. The first-order valence-electron chi connectivity index (χ1n) is 40.6. The summed E-state index contributed by atoms with van der Waals surface area (Å²) in [5.74, 6) is -0.240. The van der Waals surface area contributed by atoms with Crippen LogP contribution in [0.25, 0.3) is 0 Å². The Morgan fingerprint density at radius 1 is 0.372 bits per heavy atom. The Balaban J connectivity index is 1.60. The van der Waals surface area contributed by atoms with Gasteiger partial charge in [0.25, 0.3) is 0 Å². The van der Waals surface area contributed by atoms with Crippen LogP contribution in [0.5, 0.6) is 0 Å². The third-order valence-electron chi connectivity index (χ3n) is 20.1. The second-order valence-electron chi connectivity index (χ2n) is 28.9. The topological polar surface area (TPSA) is 228 Å². The Morgan fingerprint density at radius 2 is 0.681 bits per heavy atom. The number of ether oxygens (including phenoxy) is 4. The molecular formula is C80H153NO13. The fraction of sp³-hybridized carbons (Fsp3) is 0.938. The van der Waals surface area contributed by atoms with Crippen LogP contribution in [0.1, 0.15) is 386 Å². The number of nitrogens with one attached hydrogen (secondary N) is 1. The minimum absolute atomic E-state index is 0.240. The lowest BCUT2D eigenvalue weighted by Crippen LogP contribution is -2.65. The lowest BCUT2D eigenvalue weighted by atomic mass is 9.97. The molecule has 2 saturated heterocycles. The Labute approximate surface area is 577 Å². The Bertz CT molecular complexity index is 1670. The number of amides is 1. The summed E-state index contributed by atoms with van der Waals surface area (Å²) in [6, 6.07) is -0.930. The second-order valence-corrected chi connectivity index (χ2v) is 28.9. The van der Waals surface area contributed by atoms with E-state index in [0.29, 0.717) is 12.8 Å². The maximum Gasteiger partial charge on any atom is 0.220 e. The highest BCUT2D eigenvalue weighted by atomic mass is 16.7. The molecular weight excluding hydrogens is 1180 g/mol. The standard InChI is InChI=1S/C80H153NO13/c1-3-5-7-9-11-13-15-17-19-21-23-25-27-29-30-31-32-33-34-35-36-37-38-40-42-44-46-48-50-52-54-56-58-60-62-64-72(85)81-68(67-91-79-77(90)75(88)78(71(66-83)93-79)94-80-76(89)74(87)73(86)70(65-82)92-80)69(84)63-61-59-57-55-53-51-49-47-45-43-41-39-28-26-24-22-20-18-16-14-12-10-8-6-4-2/h53,55,61,63,68-71,73-80,82-84,86-90H,3-52,54,56-60,62,64-67H2,1-2H3,(H,81,85)/b55-53+,63-61+. The van der Waals surface area contributed by atoms with Crippen molar-refractivity contribution < 1.29 is 64.6 Å². The minimum atomic E-state index is -1.79. The lowest BCUT2D eigenvalue weighted by molar-refractivity contribution is -0.359. The van der Waals surface area contributed by atoms with E-state index in [0.717, 1.165) is 32.1 Å². The summed E-state index contributed by atoms with van der Waals surface area (Å²) in [7, 11) is 0. The van der Waals surface area contributed by atoms with Gasteiger partial charge in [0.15, 0.2) is 12.6 Å². The Kier molecular flexibility index (Phi) is 61.1. The molecule has 12 unspecified atom stereocenters. The molecule has 9 N–H and O–H groups in total. The molecule has 0 saturated carbocycles. The van der Waals surface area contributed by atoms with Crippen LogP contribution in [-0.2, 0) is 23.7 Å². The summed E-state index contributed by atoms with van der Waals surface area (Å²) in [6.45, 7) is 2.86. The van der Waals surface area contributed by atoms with E-state index in [9.17, 15) is 45.6 Å². The van der Waals surface area contributed by atoms with Gasteiger partial charge in [-0.15, -0.1) is 0 Å². The van der Waals surface area contributed by atoms with Crippen LogP contribution in [0.3, 0.4) is 0 Å². The quantitative estimate of drug-likeness (QED) is 0.0204. The zero-order valence-electron chi connectivity index (χ0n) is 61.0. The summed E-state index contributed by atoms with van der Waals surface area (Å²) >= 11 is 0. The predicted octanol–water partition coefficient (Wildman–Crippen LogP) is 18.3. The van der Waals surface area contributed by atoms with Gasteiger partial charge in [-0.3, -0.25) is 4.79 Å². The molecule has 14 nitrogen and oxygen atoms in total. The van der Waals surface area contributed by atoms with Gasteiger partial charge in [0.2, 0.25) is 5.91 Å². The number of aliphatic hydroxyl groups is 8. The molecule has 2 heterocycles. The van der Waals surface area contributed by atoms with Crippen molar-refractivity contribution in [2.24, 2.45) is 0 Å². The normalized spacial score (nSPS) is 22.5. The number of hydrogen-bond donors (Lipinski definition) is 9. The largest absolute Gasteiger partial charge is 0.394 e. The summed E-state index contributed by atoms with van der Waals surface area (Å²) in [5, 5.41) is 87.6. The third-order valence-corrected chi connectivity index (χ3v) is 20.1. The maximum absolute atomic E-state index is 13.4. The summed E-state index contributed by atoms with van der Waals surface area (Å²) < 4.78 is 22.9. The van der Waals surface area contributed by atoms with Gasteiger partial charge in [-0.1, -0.05) is 372 Å². The molecule has 0 radical (unpaired) electrons. The highest BCUT2D eigenvalue weighted by Crippen LogP contribution is 2.30. The van der Waals surface area contributed by atoms with Gasteiger partial charge in [0.05, 0.1) is 32.0 Å². The number of unbranched alkanes of at least 4 members (excludes halogenated alkanes) is 54. The van der Waals surface area contributed by atoms with Crippen molar-refractivity contribution in [2.75, 3.05) is 19.8 Å². The summed E-state index contributed by atoms with van der Waals surface area (Å²) in [5.41, 5.74) is 0. The average molecular weight is 1340 g/mol. The van der Waals surface area contributed by atoms with Gasteiger partial charge >= 0.3 is 0 Å². The van der Waals surface area contributed by atoms with Crippen LogP contribution in [0.2, 0.25) is 0 Å². The number of hydrogen-bond acceptors (Lipinski definition) is 13. The van der Waals surface area contributed by atoms with Crippen molar-refractivity contribution in [2.45, 2.75) is 460 Å². The van der Waals surface area contributed by atoms with Crippen LogP contribution in [0.4, 0.5) is 0 Å². The Morgan fingerprint density at radius 3 is 1.04 bits per heavy atom. The van der Waals surface area contributed by atoms with E-state index in [1.807, 2.05) is 6.08 Å². The smallest absolute Gasteiger partial charge is 0.220 e. The molecule has 2 aliphatic heterocycles. The zero-order valence-corrected chi connectivity index (χ0v) is 61.0. The van der Waals surface area contributed by atoms with Crippen LogP contribution < -0.4 is 5.32 Å². The SMILES string of the molecule is CCCCCCCCCCCCCCCCCCCCC/C=C/CC/C=C/C(O)C(COC1OC(CO)C(OC2OC(CO)C(O)C(O)C2O)C(O)C1O)NC(=O)CCCCCCCCCCCCCCCCCCCCCCCCCCCCCCCCCCCCC. The van der Waals surface area contributed by atoms with Crippen LogP contribution in [-0.4, -0.2) is 140 Å². The predicted molar refractivity (Wildman–Crippen MR) is 388 cm³/mol. The number of rotatable bonds is 69. The molecule has 1 amide bonds. The second kappa shape index (κ2) is 64.8. The molecule has 556 valence electrons. The van der Waals surface area contributed by atoms with Crippen molar-refractivity contribution in [1.82, 2.24) is 5.32 Å². The molecule has 0 aromatic rings. The number of aliphatic hydroxyl groups excluding tert-OH is 8. The van der Waals surface area contributed by atoms with E-state index in [4.69, 9.17) is 18.9 Å². The van der Waals surface area contributed by atoms with Crippen molar-refractivity contribution in [1.29, 1.82) is 0 Å². The third kappa shape index (κ3) is 47.5. The number of carbonyl (C=O) groups excluding carboxylic acids is 1. The minimum Gasteiger partial charge on any atom is -0.394 e. The van der Waals surface area contributed by atoms with E-state index in [-0.39, 0.29) is 18.9 Å². The highest BCUT2D eigenvalue weighted by molar-refractivity contribution is 5.76. The first-order valence-corrected chi connectivity index (χ1v) is 40.6. The van der Waals surface area contributed by atoms with Gasteiger partial charge in [-0.2, -0.15) is 0 Å². The van der Waals surface area contributed by atoms with Crippen molar-refractivity contribution in [3.05, 3.63) is 24.3 Å². The van der Waals surface area contributed by atoms with Gasteiger partial charge < -0.3 is 65.1 Å². The maximum atomic E-state index is 13.4. The molecule has 0 bridgehead atoms. The van der Waals surface area contributed by atoms with Gasteiger partial charge in [0, 0.05) is 6.42 Å². The molecule has 0 aromatic heterocycles. The van der Waals surface area contributed by atoms with Crippen LogP contribution in [0, 0.1) is 0 Å². The molecule has 2 fully saturated rings. The molecule has 2 rings (SSSR count). The van der Waals surface area contributed by atoms with Crippen molar-refractivity contribution in [3.63, 3.8) is 0 Å². The number of carbonyl (C=O) groups is 1. The van der Waals surface area contributed by atoms with Gasteiger partial charge in [-0.25, -0.2) is 0 Å². The van der Waals surface area contributed by atoms with E-state index in [1.165, 1.54) is 321 Å². The highest BCUT2D eigenvalue weighted by Gasteiger charge is 2.51. The molecule has 94 heavy (non-hydrogen) atoms. The van der Waals surface area contributed by atoms with Gasteiger partial charge in [0.1, 0.15) is 48.8 Å². The van der Waals surface area contributed by atoms with Crippen LogP contribution >= 0.6 is 0 Å². The molecule has 2 aliphatic rings. The molecule has 14 heteroatoms. The summed E-state index contributed by atoms with van der Waals surface area (Å²) in [6.07, 6.45) is 67.1. The van der Waals surface area contributed by atoms with Crippen LogP contribution in [0.15, 0.2) is 24.3 Å². The fourth-order valence-electron chi connectivity index (χ4n) is 13.7. The lowest BCUT2D eigenvalue weighted by Gasteiger charge is -2.46. The molecule has 12 atom stereocenters. The molecule has 0 spiro atoms. The fourth-order valence-corrected chi connectivity index (χ4v) is 13.7. The van der Waals surface area contributed by atoms with E-state index in [1.54, 1.807) is 6.08 Å². The van der Waals surface area contributed by atoms with Crippen molar-refractivity contribution in [3.8, 4) is 0 Å².